The molecule has 0 aromatic heterocycles. The molecule has 1 aliphatic heterocycles. The molecule has 2 aromatic rings. The Kier molecular flexibility index (Phi) is 8.91. The van der Waals surface area contributed by atoms with Gasteiger partial charge in [0, 0.05) is 24.7 Å². The summed E-state index contributed by atoms with van der Waals surface area (Å²) in [5.41, 5.74) is 1.45. The average molecular weight is 502 g/mol. The Labute approximate surface area is 208 Å². The number of nitrogens with one attached hydrogen (secondary N) is 2. The molecule has 2 N–H and O–H groups in total. The van der Waals surface area contributed by atoms with Crippen LogP contribution in [0.15, 0.2) is 53.4 Å². The Morgan fingerprint density at radius 2 is 1.74 bits per heavy atom. The Bertz CT molecular complexity index is 1130. The lowest BCUT2D eigenvalue weighted by Gasteiger charge is -2.35. The summed E-state index contributed by atoms with van der Waals surface area (Å²) in [5.74, 6) is -0.152. The van der Waals surface area contributed by atoms with Crippen LogP contribution in [0.5, 0.6) is 5.75 Å². The standard InChI is InChI=1S/C26H35N3O5S/c1-5-19(3)27-26(31)24(28-25(30)21-8-6-7-18(2)17-21)20-13-15-29(16-14-20)35(32,33)23-11-9-22(34-4)10-12-23/h6-12,17,19-20,24H,5,13-16H2,1-4H3,(H,27,31)(H,28,30)/t19-,24-/m1/s1. The smallest absolute Gasteiger partial charge is 0.251 e. The number of carbonyl (C=O) groups is 2. The van der Waals surface area contributed by atoms with Gasteiger partial charge in [-0.25, -0.2) is 8.42 Å². The minimum Gasteiger partial charge on any atom is -0.497 e. The fourth-order valence-corrected chi connectivity index (χ4v) is 5.66. The molecule has 0 saturated carbocycles. The van der Waals surface area contributed by atoms with E-state index in [9.17, 15) is 18.0 Å². The van der Waals surface area contributed by atoms with E-state index in [1.807, 2.05) is 26.8 Å². The fraction of sp³-hybridized carbons (Fsp3) is 0.462. The maximum atomic E-state index is 13.1. The van der Waals surface area contributed by atoms with Crippen LogP contribution in [0.2, 0.25) is 0 Å². The van der Waals surface area contributed by atoms with E-state index in [2.05, 4.69) is 10.6 Å². The van der Waals surface area contributed by atoms with Crippen molar-refractivity contribution in [3.05, 3.63) is 59.7 Å². The van der Waals surface area contributed by atoms with E-state index in [1.165, 1.54) is 23.5 Å². The van der Waals surface area contributed by atoms with Crippen LogP contribution in [0.1, 0.15) is 49.0 Å². The van der Waals surface area contributed by atoms with Gasteiger partial charge in [0.2, 0.25) is 15.9 Å². The highest BCUT2D eigenvalue weighted by Crippen LogP contribution is 2.27. The second-order valence-corrected chi connectivity index (χ2v) is 11.0. The highest BCUT2D eigenvalue weighted by molar-refractivity contribution is 7.89. The molecule has 0 aliphatic carbocycles. The van der Waals surface area contributed by atoms with Crippen LogP contribution in [0, 0.1) is 12.8 Å². The van der Waals surface area contributed by atoms with Gasteiger partial charge < -0.3 is 15.4 Å². The molecule has 35 heavy (non-hydrogen) atoms. The molecule has 0 bridgehead atoms. The number of sulfonamides is 1. The molecule has 9 heteroatoms. The van der Waals surface area contributed by atoms with E-state index in [-0.39, 0.29) is 41.8 Å². The lowest BCUT2D eigenvalue weighted by Crippen LogP contribution is -2.55. The molecule has 2 aromatic carbocycles. The van der Waals surface area contributed by atoms with Gasteiger partial charge >= 0.3 is 0 Å². The van der Waals surface area contributed by atoms with Crippen LogP contribution in [0.3, 0.4) is 0 Å². The van der Waals surface area contributed by atoms with Crippen molar-refractivity contribution >= 4 is 21.8 Å². The number of ether oxygens (including phenoxy) is 1. The number of hydrogen-bond acceptors (Lipinski definition) is 5. The SMILES string of the molecule is CC[C@@H](C)NC(=O)[C@H](NC(=O)c1cccc(C)c1)C1CCN(S(=O)(=O)c2ccc(OC)cc2)CC1. The van der Waals surface area contributed by atoms with Gasteiger partial charge in [-0.1, -0.05) is 24.6 Å². The fourth-order valence-electron chi connectivity index (χ4n) is 4.19. The summed E-state index contributed by atoms with van der Waals surface area (Å²) in [7, 11) is -2.13. The summed E-state index contributed by atoms with van der Waals surface area (Å²) in [6, 6.07) is 12.7. The summed E-state index contributed by atoms with van der Waals surface area (Å²) < 4.78 is 32.8. The number of aryl methyl sites for hydroxylation is 1. The molecule has 1 heterocycles. The van der Waals surface area contributed by atoms with Crippen LogP contribution < -0.4 is 15.4 Å². The quantitative estimate of drug-likeness (QED) is 0.549. The van der Waals surface area contributed by atoms with Gasteiger partial charge in [-0.2, -0.15) is 4.31 Å². The van der Waals surface area contributed by atoms with Crippen molar-refractivity contribution in [2.45, 2.75) is 57.0 Å². The van der Waals surface area contributed by atoms with Crippen molar-refractivity contribution in [2.24, 2.45) is 5.92 Å². The first-order valence-electron chi connectivity index (χ1n) is 12.0. The summed E-state index contributed by atoms with van der Waals surface area (Å²) in [6.45, 7) is 6.34. The number of benzene rings is 2. The molecule has 1 aliphatic rings. The summed E-state index contributed by atoms with van der Waals surface area (Å²) in [4.78, 5) is 26.3. The van der Waals surface area contributed by atoms with Crippen LogP contribution in [0.25, 0.3) is 0 Å². The molecule has 2 amide bonds. The number of piperidine rings is 1. The van der Waals surface area contributed by atoms with Gasteiger partial charge in [0.25, 0.3) is 5.91 Å². The van der Waals surface area contributed by atoms with Gasteiger partial charge in [-0.3, -0.25) is 9.59 Å². The minimum absolute atomic E-state index is 0.0311. The number of nitrogens with zero attached hydrogens (tertiary/aromatic N) is 1. The van der Waals surface area contributed by atoms with Crippen molar-refractivity contribution in [3.63, 3.8) is 0 Å². The van der Waals surface area contributed by atoms with Crippen LogP contribution >= 0.6 is 0 Å². The van der Waals surface area contributed by atoms with Gasteiger partial charge in [-0.05, 0) is 75.4 Å². The Hall–Kier alpha value is -2.91. The van der Waals surface area contributed by atoms with Crippen LogP contribution in [0.4, 0.5) is 0 Å². The number of methoxy groups -OCH3 is 1. The average Bonchev–Trinajstić information content (AvgIpc) is 2.87. The second kappa shape index (κ2) is 11.7. The molecule has 1 saturated heterocycles. The second-order valence-electron chi connectivity index (χ2n) is 9.06. The first-order chi connectivity index (χ1) is 16.6. The minimum atomic E-state index is -3.66. The zero-order valence-corrected chi connectivity index (χ0v) is 21.6. The van der Waals surface area contributed by atoms with E-state index in [1.54, 1.807) is 30.3 Å². The molecular formula is C26H35N3O5S. The molecular weight excluding hydrogens is 466 g/mol. The first-order valence-corrected chi connectivity index (χ1v) is 13.4. The topological polar surface area (TPSA) is 105 Å². The molecule has 8 nitrogen and oxygen atoms in total. The number of carbonyl (C=O) groups excluding carboxylic acids is 2. The van der Waals surface area contributed by atoms with Crippen molar-refractivity contribution in [1.29, 1.82) is 0 Å². The predicted molar refractivity (Wildman–Crippen MR) is 135 cm³/mol. The summed E-state index contributed by atoms with van der Waals surface area (Å²) in [5, 5.41) is 5.90. The number of hydrogen-bond donors (Lipinski definition) is 2. The molecule has 1 fully saturated rings. The third kappa shape index (κ3) is 6.61. The predicted octanol–water partition coefficient (Wildman–Crippen LogP) is 3.12. The third-order valence-electron chi connectivity index (χ3n) is 6.52. The van der Waals surface area contributed by atoms with Crippen LogP contribution in [-0.4, -0.2) is 56.8 Å². The highest BCUT2D eigenvalue weighted by atomic mass is 32.2. The molecule has 3 rings (SSSR count). The van der Waals surface area contributed by atoms with Crippen molar-refractivity contribution in [3.8, 4) is 5.75 Å². The Balaban J connectivity index is 1.74. The molecule has 0 unspecified atom stereocenters. The van der Waals surface area contributed by atoms with E-state index >= 15 is 0 Å². The maximum Gasteiger partial charge on any atom is 0.251 e. The maximum absolute atomic E-state index is 13.1. The zero-order valence-electron chi connectivity index (χ0n) is 20.8. The van der Waals surface area contributed by atoms with Crippen LogP contribution in [-0.2, 0) is 14.8 Å². The van der Waals surface area contributed by atoms with E-state index in [0.717, 1.165) is 12.0 Å². The number of rotatable bonds is 9. The van der Waals surface area contributed by atoms with Crippen molar-refractivity contribution in [1.82, 2.24) is 14.9 Å². The lowest BCUT2D eigenvalue weighted by atomic mass is 9.89. The first kappa shape index (κ1) is 26.7. The van der Waals surface area contributed by atoms with E-state index < -0.39 is 16.1 Å². The molecule has 190 valence electrons. The van der Waals surface area contributed by atoms with Gasteiger partial charge in [-0.15, -0.1) is 0 Å². The van der Waals surface area contributed by atoms with Crippen molar-refractivity contribution in [2.75, 3.05) is 20.2 Å². The Morgan fingerprint density at radius 1 is 1.09 bits per heavy atom. The van der Waals surface area contributed by atoms with Crippen molar-refractivity contribution < 1.29 is 22.7 Å². The lowest BCUT2D eigenvalue weighted by molar-refractivity contribution is -0.125. The van der Waals surface area contributed by atoms with Gasteiger partial charge in [0.05, 0.1) is 12.0 Å². The summed E-state index contributed by atoms with van der Waals surface area (Å²) in [6.07, 6.45) is 1.69. The van der Waals surface area contributed by atoms with E-state index in [0.29, 0.717) is 24.2 Å². The van der Waals surface area contributed by atoms with Gasteiger partial charge in [0.1, 0.15) is 11.8 Å². The molecule has 2 atom stereocenters. The molecule has 0 spiro atoms. The molecule has 0 radical (unpaired) electrons. The zero-order chi connectivity index (χ0) is 25.6. The highest BCUT2D eigenvalue weighted by Gasteiger charge is 2.36. The largest absolute Gasteiger partial charge is 0.497 e. The summed E-state index contributed by atoms with van der Waals surface area (Å²) >= 11 is 0. The number of amides is 2. The van der Waals surface area contributed by atoms with E-state index in [4.69, 9.17) is 4.74 Å². The monoisotopic (exact) mass is 501 g/mol. The Morgan fingerprint density at radius 3 is 2.31 bits per heavy atom. The normalized spacial score (nSPS) is 16.8. The third-order valence-corrected chi connectivity index (χ3v) is 8.43. The van der Waals surface area contributed by atoms with Gasteiger partial charge in [0.15, 0.2) is 0 Å².